The Morgan fingerprint density at radius 1 is 0.250 bits per heavy atom. The lowest BCUT2D eigenvalue weighted by Gasteiger charge is -2.36. The zero-order chi connectivity index (χ0) is 53.6. The molecule has 76 heavy (non-hydrogen) atoms. The lowest BCUT2D eigenvalue weighted by Crippen LogP contribution is -2.20. The minimum Gasteiger partial charge on any atom is -0.493 e. The van der Waals surface area contributed by atoms with Crippen molar-refractivity contribution < 1.29 is 37.9 Å². The molecular formula is C68H68O8. The van der Waals surface area contributed by atoms with Gasteiger partial charge in [0.15, 0.2) is 46.0 Å². The van der Waals surface area contributed by atoms with Crippen LogP contribution in [0.2, 0.25) is 0 Å². The molecule has 0 radical (unpaired) electrons. The quantitative estimate of drug-likeness (QED) is 0.107. The van der Waals surface area contributed by atoms with Gasteiger partial charge in [-0.25, -0.2) is 0 Å². The van der Waals surface area contributed by atoms with E-state index in [1.807, 2.05) is 12.1 Å². The highest BCUT2D eigenvalue weighted by atomic mass is 16.5. The van der Waals surface area contributed by atoms with Crippen molar-refractivity contribution in [3.05, 3.63) is 236 Å². The van der Waals surface area contributed by atoms with Gasteiger partial charge in [0.1, 0.15) is 0 Å². The molecule has 10 rings (SSSR count). The molecule has 0 saturated carbocycles. The maximum Gasteiger partial charge on any atom is 0.161 e. The number of methoxy groups -OCH3 is 8. The van der Waals surface area contributed by atoms with Crippen molar-refractivity contribution in [3.8, 4) is 46.0 Å². The number of benzene rings is 8. The van der Waals surface area contributed by atoms with Crippen molar-refractivity contribution in [1.29, 1.82) is 0 Å². The molecule has 8 heteroatoms. The molecule has 0 heterocycles. The molecular weight excluding hydrogens is 945 g/mol. The average molecular weight is 1010 g/mol. The molecule has 2 aliphatic carbocycles. The van der Waals surface area contributed by atoms with Gasteiger partial charge in [0.2, 0.25) is 0 Å². The van der Waals surface area contributed by atoms with Crippen LogP contribution >= 0.6 is 0 Å². The fourth-order valence-electron chi connectivity index (χ4n) is 11.0. The predicted molar refractivity (Wildman–Crippen MR) is 308 cm³/mol. The van der Waals surface area contributed by atoms with Crippen LogP contribution in [0.5, 0.6) is 46.0 Å². The fraction of sp³-hybridized carbons (Fsp3) is 0.235. The summed E-state index contributed by atoms with van der Waals surface area (Å²) in [7, 11) is 13.4. The lowest BCUT2D eigenvalue weighted by atomic mass is 9.67. The van der Waals surface area contributed by atoms with Gasteiger partial charge in [-0.2, -0.15) is 0 Å². The summed E-state index contributed by atoms with van der Waals surface area (Å²) in [6.45, 7) is 8.49. The third kappa shape index (κ3) is 10.5. The first-order valence-corrected chi connectivity index (χ1v) is 25.6. The Morgan fingerprint density at radius 2 is 0.513 bits per heavy atom. The van der Waals surface area contributed by atoms with E-state index < -0.39 is 0 Å². The second-order valence-electron chi connectivity index (χ2n) is 19.6. The van der Waals surface area contributed by atoms with Crippen LogP contribution in [0.15, 0.2) is 158 Å². The van der Waals surface area contributed by atoms with E-state index in [1.165, 1.54) is 66.8 Å². The van der Waals surface area contributed by atoms with Crippen LogP contribution in [0.25, 0.3) is 23.3 Å². The molecule has 4 atom stereocenters. The van der Waals surface area contributed by atoms with Crippen LogP contribution < -0.4 is 37.9 Å². The molecule has 0 aliphatic heterocycles. The summed E-state index contributed by atoms with van der Waals surface area (Å²) in [5.74, 6) is 5.80. The zero-order valence-corrected chi connectivity index (χ0v) is 45.7. The molecule has 8 nitrogen and oxygen atoms in total. The molecule has 0 amide bonds. The molecule has 0 saturated heterocycles. The van der Waals surface area contributed by atoms with Crippen LogP contribution in [-0.4, -0.2) is 56.9 Å². The van der Waals surface area contributed by atoms with Gasteiger partial charge in [0.05, 0.1) is 56.9 Å². The minimum atomic E-state index is -0.00591. The number of hydrogen-bond donors (Lipinski definition) is 0. The second-order valence-corrected chi connectivity index (χ2v) is 19.6. The second kappa shape index (κ2) is 23.0. The highest BCUT2D eigenvalue weighted by Crippen LogP contribution is 2.56. The van der Waals surface area contributed by atoms with Crippen molar-refractivity contribution in [2.24, 2.45) is 0 Å². The van der Waals surface area contributed by atoms with E-state index in [-0.39, 0.29) is 23.7 Å². The first-order valence-electron chi connectivity index (χ1n) is 25.6. The fourth-order valence-corrected chi connectivity index (χ4v) is 11.0. The Morgan fingerprint density at radius 3 is 0.816 bits per heavy atom. The van der Waals surface area contributed by atoms with Crippen LogP contribution in [-0.2, 0) is 0 Å². The van der Waals surface area contributed by atoms with Gasteiger partial charge < -0.3 is 37.9 Å². The minimum absolute atomic E-state index is 0.00591. The largest absolute Gasteiger partial charge is 0.493 e. The van der Waals surface area contributed by atoms with E-state index >= 15 is 0 Å². The average Bonchev–Trinajstić information content (AvgIpc) is 3.46. The standard InChI is InChI=1S/2C34H34O4/c2*1-21-7-11-23(12-8-21)27-17-26-19-31(37-5)32(38-6)20-28(26)34(33(27)24-13-9-22(2)10-14-24)25-15-16-29(35-3)30(18-25)36-4/h2*7-20,33-34H,1-6H3/t2*33-,34-/m00/s1. The van der Waals surface area contributed by atoms with Gasteiger partial charge in [-0.3, -0.25) is 0 Å². The summed E-state index contributed by atoms with van der Waals surface area (Å²) in [4.78, 5) is 0. The number of allylic oxidation sites excluding steroid dienone is 2. The van der Waals surface area contributed by atoms with Crippen LogP contribution in [0.3, 0.4) is 0 Å². The van der Waals surface area contributed by atoms with Gasteiger partial charge in [-0.05, 0) is 143 Å². The Labute approximate surface area is 449 Å². The molecule has 8 aromatic rings. The molecule has 8 aromatic carbocycles. The van der Waals surface area contributed by atoms with Crippen molar-refractivity contribution in [3.63, 3.8) is 0 Å². The summed E-state index contributed by atoms with van der Waals surface area (Å²) in [6, 6.07) is 56.3. The first kappa shape index (κ1) is 52.5. The summed E-state index contributed by atoms with van der Waals surface area (Å²) in [5.41, 5.74) is 19.2. The smallest absolute Gasteiger partial charge is 0.161 e. The van der Waals surface area contributed by atoms with Crippen LogP contribution in [0.1, 0.15) is 102 Å². The monoisotopic (exact) mass is 1010 g/mol. The van der Waals surface area contributed by atoms with Crippen molar-refractivity contribution in [2.45, 2.75) is 51.4 Å². The van der Waals surface area contributed by atoms with Gasteiger partial charge in [-0.1, -0.05) is 144 Å². The summed E-state index contributed by atoms with van der Waals surface area (Å²) >= 11 is 0. The van der Waals surface area contributed by atoms with Crippen molar-refractivity contribution in [2.75, 3.05) is 56.9 Å². The maximum atomic E-state index is 5.76. The van der Waals surface area contributed by atoms with E-state index in [2.05, 4.69) is 185 Å². The van der Waals surface area contributed by atoms with Gasteiger partial charge in [0, 0.05) is 23.7 Å². The van der Waals surface area contributed by atoms with Gasteiger partial charge >= 0.3 is 0 Å². The molecule has 388 valence electrons. The molecule has 0 aromatic heterocycles. The van der Waals surface area contributed by atoms with E-state index in [9.17, 15) is 0 Å². The molecule has 0 unspecified atom stereocenters. The number of ether oxygens (including phenoxy) is 8. The van der Waals surface area contributed by atoms with E-state index in [1.54, 1.807) is 56.9 Å². The molecule has 0 bridgehead atoms. The number of fused-ring (bicyclic) bond motifs is 2. The van der Waals surface area contributed by atoms with Crippen LogP contribution in [0, 0.1) is 27.7 Å². The summed E-state index contributed by atoms with van der Waals surface area (Å²) < 4.78 is 45.5. The Kier molecular flexibility index (Phi) is 15.9. The van der Waals surface area contributed by atoms with Gasteiger partial charge in [-0.15, -0.1) is 0 Å². The summed E-state index contributed by atoms with van der Waals surface area (Å²) in [6.07, 6.45) is 4.62. The van der Waals surface area contributed by atoms with E-state index in [0.717, 1.165) is 22.3 Å². The molecule has 0 spiro atoms. The normalized spacial score (nSPS) is 16.3. The molecule has 0 fully saturated rings. The van der Waals surface area contributed by atoms with Crippen molar-refractivity contribution >= 4 is 23.3 Å². The lowest BCUT2D eigenvalue weighted by molar-refractivity contribution is 0.353. The number of hydrogen-bond acceptors (Lipinski definition) is 8. The SMILES string of the molecule is COc1ccc([C@H]2c3cc(OC)c(OC)cc3C=C(c3ccc(C)cc3)[C@@H]2c2ccc(C)cc2)cc1OC.COc1ccc([C@H]2c3cc(OC)c(OC)cc3C=C(c3ccc(C)cc3)[C@@H]2c2ccc(C)cc2)cc1OC. The Hall–Kier alpha value is -8.36. The van der Waals surface area contributed by atoms with Crippen molar-refractivity contribution in [1.82, 2.24) is 0 Å². The predicted octanol–water partition coefficient (Wildman–Crippen LogP) is 15.6. The van der Waals surface area contributed by atoms with Crippen LogP contribution in [0.4, 0.5) is 0 Å². The van der Waals surface area contributed by atoms with E-state index in [0.29, 0.717) is 46.0 Å². The zero-order valence-electron chi connectivity index (χ0n) is 45.7. The first-order chi connectivity index (χ1) is 36.9. The third-order valence-electron chi connectivity index (χ3n) is 15.0. The highest BCUT2D eigenvalue weighted by molar-refractivity contribution is 5.92. The molecule has 0 N–H and O–H groups in total. The Bertz CT molecular complexity index is 3160. The number of aryl methyl sites for hydroxylation is 4. The van der Waals surface area contributed by atoms with E-state index in [4.69, 9.17) is 37.9 Å². The molecule has 2 aliphatic rings. The van der Waals surface area contributed by atoms with Gasteiger partial charge in [0.25, 0.3) is 0 Å². The Balaban J connectivity index is 0.000000186. The third-order valence-corrected chi connectivity index (χ3v) is 15.0. The number of rotatable bonds is 14. The maximum absolute atomic E-state index is 5.76. The topological polar surface area (TPSA) is 73.8 Å². The highest BCUT2D eigenvalue weighted by Gasteiger charge is 2.38. The summed E-state index contributed by atoms with van der Waals surface area (Å²) in [5, 5.41) is 0.